The van der Waals surface area contributed by atoms with E-state index in [2.05, 4.69) is 15.9 Å². The number of hydrogen-bond donors (Lipinski definition) is 2. The number of benzene rings is 2. The molecular formula is C17H16BrNO2. The molecule has 0 bridgehead atoms. The van der Waals surface area contributed by atoms with Gasteiger partial charge in [0.05, 0.1) is 5.92 Å². The van der Waals surface area contributed by atoms with E-state index in [1.165, 1.54) is 0 Å². The van der Waals surface area contributed by atoms with Crippen LogP contribution in [-0.2, 0) is 4.79 Å². The molecule has 0 aliphatic carbocycles. The Morgan fingerprint density at radius 1 is 1.19 bits per heavy atom. The Kier molecular flexibility index (Phi) is 4.81. The first-order valence-corrected chi connectivity index (χ1v) is 7.32. The van der Waals surface area contributed by atoms with Gasteiger partial charge in [0.15, 0.2) is 0 Å². The molecule has 108 valence electrons. The second-order valence-electron chi connectivity index (χ2n) is 4.71. The van der Waals surface area contributed by atoms with E-state index in [4.69, 9.17) is 5.73 Å². The summed E-state index contributed by atoms with van der Waals surface area (Å²) in [5.41, 5.74) is 7.82. The third kappa shape index (κ3) is 3.52. The normalized spacial score (nSPS) is 12.5. The first kappa shape index (κ1) is 15.3. The van der Waals surface area contributed by atoms with Crippen molar-refractivity contribution in [2.24, 2.45) is 5.73 Å². The van der Waals surface area contributed by atoms with Crippen LogP contribution in [0.25, 0.3) is 6.08 Å². The van der Waals surface area contributed by atoms with Gasteiger partial charge in [-0.2, -0.15) is 0 Å². The lowest BCUT2D eigenvalue weighted by Crippen LogP contribution is -2.22. The van der Waals surface area contributed by atoms with Crippen molar-refractivity contribution in [2.75, 3.05) is 0 Å². The highest BCUT2D eigenvalue weighted by molar-refractivity contribution is 9.10. The van der Waals surface area contributed by atoms with Gasteiger partial charge in [0.25, 0.3) is 0 Å². The standard InChI is InChI=1S/C17H16BrNO2/c1-2-3-12-10-13(6-9-15(12)20)16(17(19)21)11-4-7-14(18)8-5-11/h2-10,16,20H,1H3,(H2,19,21). The van der Waals surface area contributed by atoms with E-state index < -0.39 is 11.8 Å². The first-order valence-electron chi connectivity index (χ1n) is 6.53. The summed E-state index contributed by atoms with van der Waals surface area (Å²) in [6.45, 7) is 1.87. The van der Waals surface area contributed by atoms with Gasteiger partial charge in [0.1, 0.15) is 5.75 Å². The fourth-order valence-corrected chi connectivity index (χ4v) is 2.51. The summed E-state index contributed by atoms with van der Waals surface area (Å²) in [4.78, 5) is 11.9. The van der Waals surface area contributed by atoms with Gasteiger partial charge in [-0.25, -0.2) is 0 Å². The predicted molar refractivity (Wildman–Crippen MR) is 88.0 cm³/mol. The molecule has 0 fully saturated rings. The monoisotopic (exact) mass is 345 g/mol. The number of amides is 1. The molecule has 0 aliphatic rings. The molecule has 0 saturated carbocycles. The van der Waals surface area contributed by atoms with E-state index >= 15 is 0 Å². The number of phenols is 1. The Morgan fingerprint density at radius 3 is 2.38 bits per heavy atom. The van der Waals surface area contributed by atoms with Crippen LogP contribution in [-0.4, -0.2) is 11.0 Å². The van der Waals surface area contributed by atoms with E-state index in [9.17, 15) is 9.90 Å². The van der Waals surface area contributed by atoms with E-state index in [1.807, 2.05) is 37.3 Å². The molecule has 0 aliphatic heterocycles. The largest absolute Gasteiger partial charge is 0.507 e. The number of halogens is 1. The molecule has 2 aromatic rings. The average Bonchev–Trinajstić information content (AvgIpc) is 2.44. The van der Waals surface area contributed by atoms with Crippen LogP contribution in [0.1, 0.15) is 29.5 Å². The number of aromatic hydroxyl groups is 1. The highest BCUT2D eigenvalue weighted by atomic mass is 79.9. The SMILES string of the molecule is CC=Cc1cc(C(C(N)=O)c2ccc(Br)cc2)ccc1O. The highest BCUT2D eigenvalue weighted by Gasteiger charge is 2.20. The lowest BCUT2D eigenvalue weighted by molar-refractivity contribution is -0.118. The molecule has 1 atom stereocenters. The number of phenolic OH excluding ortho intramolecular Hbond substituents is 1. The number of carbonyl (C=O) groups excluding carboxylic acids is 1. The predicted octanol–water partition coefficient (Wildman–Crippen LogP) is 3.81. The molecule has 21 heavy (non-hydrogen) atoms. The van der Waals surface area contributed by atoms with Crippen molar-refractivity contribution in [1.29, 1.82) is 0 Å². The van der Waals surface area contributed by atoms with E-state index in [0.717, 1.165) is 15.6 Å². The van der Waals surface area contributed by atoms with Gasteiger partial charge in [-0.05, 0) is 42.3 Å². The first-order chi connectivity index (χ1) is 10.0. The molecule has 3 N–H and O–H groups in total. The van der Waals surface area contributed by atoms with Crippen LogP contribution in [0.15, 0.2) is 53.0 Å². The minimum absolute atomic E-state index is 0.177. The Labute approximate surface area is 132 Å². The van der Waals surface area contributed by atoms with Crippen LogP contribution in [0, 0.1) is 0 Å². The number of nitrogens with two attached hydrogens (primary N) is 1. The summed E-state index contributed by atoms with van der Waals surface area (Å²) in [6, 6.07) is 12.6. The summed E-state index contributed by atoms with van der Waals surface area (Å²) in [6.07, 6.45) is 3.62. The van der Waals surface area contributed by atoms with Crippen molar-refractivity contribution in [3.63, 3.8) is 0 Å². The van der Waals surface area contributed by atoms with Crippen LogP contribution < -0.4 is 5.73 Å². The van der Waals surface area contributed by atoms with Crippen LogP contribution >= 0.6 is 15.9 Å². The molecule has 2 aromatic carbocycles. The van der Waals surface area contributed by atoms with Gasteiger partial charge in [-0.3, -0.25) is 4.79 Å². The summed E-state index contributed by atoms with van der Waals surface area (Å²) in [5, 5.41) is 9.82. The van der Waals surface area contributed by atoms with Crippen molar-refractivity contribution in [1.82, 2.24) is 0 Å². The maximum atomic E-state index is 11.9. The smallest absolute Gasteiger partial charge is 0.229 e. The number of rotatable bonds is 4. The fourth-order valence-electron chi connectivity index (χ4n) is 2.24. The van der Waals surface area contributed by atoms with Gasteiger partial charge >= 0.3 is 0 Å². The van der Waals surface area contributed by atoms with Crippen molar-refractivity contribution in [2.45, 2.75) is 12.8 Å². The van der Waals surface area contributed by atoms with Crippen LogP contribution in [0.3, 0.4) is 0 Å². The Hall–Kier alpha value is -2.07. The molecular weight excluding hydrogens is 330 g/mol. The number of hydrogen-bond acceptors (Lipinski definition) is 2. The third-order valence-electron chi connectivity index (χ3n) is 3.22. The molecule has 3 nitrogen and oxygen atoms in total. The minimum Gasteiger partial charge on any atom is -0.507 e. The highest BCUT2D eigenvalue weighted by Crippen LogP contribution is 2.29. The van der Waals surface area contributed by atoms with Gasteiger partial charge in [-0.15, -0.1) is 0 Å². The average molecular weight is 346 g/mol. The summed E-state index contributed by atoms with van der Waals surface area (Å²) < 4.78 is 0.940. The maximum absolute atomic E-state index is 11.9. The zero-order valence-corrected chi connectivity index (χ0v) is 13.2. The molecule has 1 amide bonds. The molecule has 4 heteroatoms. The Balaban J connectivity index is 2.50. The Bertz CT molecular complexity index is 678. The van der Waals surface area contributed by atoms with Crippen molar-refractivity contribution >= 4 is 27.9 Å². The summed E-state index contributed by atoms with van der Waals surface area (Å²) in [7, 11) is 0. The second kappa shape index (κ2) is 6.59. The molecule has 0 heterocycles. The summed E-state index contributed by atoms with van der Waals surface area (Å²) in [5.74, 6) is -0.784. The lowest BCUT2D eigenvalue weighted by atomic mass is 9.89. The topological polar surface area (TPSA) is 63.3 Å². The van der Waals surface area contributed by atoms with Crippen molar-refractivity contribution in [3.05, 3.63) is 69.7 Å². The number of primary amides is 1. The molecule has 2 rings (SSSR count). The molecule has 0 radical (unpaired) electrons. The summed E-state index contributed by atoms with van der Waals surface area (Å²) >= 11 is 3.37. The number of allylic oxidation sites excluding steroid dienone is 1. The van der Waals surface area contributed by atoms with Crippen LogP contribution in [0.5, 0.6) is 5.75 Å². The third-order valence-corrected chi connectivity index (χ3v) is 3.75. The van der Waals surface area contributed by atoms with Crippen LogP contribution in [0.4, 0.5) is 0 Å². The molecule has 1 unspecified atom stereocenters. The van der Waals surface area contributed by atoms with E-state index in [1.54, 1.807) is 24.3 Å². The molecule has 0 saturated heterocycles. The number of carbonyl (C=O) groups is 1. The van der Waals surface area contributed by atoms with Gasteiger partial charge in [-0.1, -0.05) is 46.3 Å². The molecule has 0 spiro atoms. The molecule has 0 aromatic heterocycles. The zero-order chi connectivity index (χ0) is 15.4. The quantitative estimate of drug-likeness (QED) is 0.884. The van der Waals surface area contributed by atoms with Crippen molar-refractivity contribution in [3.8, 4) is 5.75 Å². The van der Waals surface area contributed by atoms with Crippen molar-refractivity contribution < 1.29 is 9.90 Å². The van der Waals surface area contributed by atoms with E-state index in [0.29, 0.717) is 5.56 Å². The van der Waals surface area contributed by atoms with E-state index in [-0.39, 0.29) is 5.75 Å². The zero-order valence-electron chi connectivity index (χ0n) is 11.6. The second-order valence-corrected chi connectivity index (χ2v) is 5.62. The fraction of sp³-hybridized carbons (Fsp3) is 0.118. The lowest BCUT2D eigenvalue weighted by Gasteiger charge is -2.15. The van der Waals surface area contributed by atoms with Crippen LogP contribution in [0.2, 0.25) is 0 Å². The van der Waals surface area contributed by atoms with Gasteiger partial charge in [0, 0.05) is 10.0 Å². The van der Waals surface area contributed by atoms with Gasteiger partial charge < -0.3 is 10.8 Å². The Morgan fingerprint density at radius 2 is 1.81 bits per heavy atom. The van der Waals surface area contributed by atoms with Gasteiger partial charge in [0.2, 0.25) is 5.91 Å². The minimum atomic E-state index is -0.539. The maximum Gasteiger partial charge on any atom is 0.229 e.